The highest BCUT2D eigenvalue weighted by Crippen LogP contribution is 2.26. The van der Waals surface area contributed by atoms with E-state index in [-0.39, 0.29) is 11.8 Å². The van der Waals surface area contributed by atoms with Crippen molar-refractivity contribution in [1.82, 2.24) is 20.6 Å². The first kappa shape index (κ1) is 24.5. The Balaban J connectivity index is 1.68. The van der Waals surface area contributed by atoms with E-state index in [2.05, 4.69) is 26.3 Å². The van der Waals surface area contributed by atoms with Gasteiger partial charge in [-0.15, -0.1) is 0 Å². The summed E-state index contributed by atoms with van der Waals surface area (Å²) in [6.45, 7) is 5.45. The van der Waals surface area contributed by atoms with E-state index in [9.17, 15) is 9.59 Å². The highest BCUT2D eigenvalue weighted by atomic mass is 35.5. The number of anilines is 2. The van der Waals surface area contributed by atoms with Gasteiger partial charge in [0.25, 0.3) is 0 Å². The van der Waals surface area contributed by atoms with Crippen LogP contribution in [0, 0.1) is 6.92 Å². The van der Waals surface area contributed by atoms with Crippen molar-refractivity contribution in [3.8, 4) is 11.4 Å². The fraction of sp³-hybridized carbons (Fsp3) is 0.417. The molecule has 0 spiro atoms. The van der Waals surface area contributed by atoms with Crippen LogP contribution in [0.2, 0.25) is 5.02 Å². The van der Waals surface area contributed by atoms with Crippen molar-refractivity contribution in [2.24, 2.45) is 0 Å². The SMILES string of the molecule is CC(=O)NCCNc1nc(-c2ccc(Cl)cc2)nc(NCCNC(=O)C2=CCCCC2)c1C. The van der Waals surface area contributed by atoms with E-state index in [4.69, 9.17) is 16.6 Å². The Hall–Kier alpha value is -3.13. The Labute approximate surface area is 199 Å². The Morgan fingerprint density at radius 3 is 2.15 bits per heavy atom. The van der Waals surface area contributed by atoms with Gasteiger partial charge in [0.1, 0.15) is 11.6 Å². The van der Waals surface area contributed by atoms with Gasteiger partial charge in [-0.1, -0.05) is 17.7 Å². The zero-order valence-electron chi connectivity index (χ0n) is 19.1. The average molecular weight is 471 g/mol. The molecule has 1 aliphatic rings. The van der Waals surface area contributed by atoms with Crippen molar-refractivity contribution in [2.75, 3.05) is 36.8 Å². The molecule has 3 rings (SSSR count). The zero-order chi connectivity index (χ0) is 23.6. The summed E-state index contributed by atoms with van der Waals surface area (Å²) < 4.78 is 0. The van der Waals surface area contributed by atoms with Crippen molar-refractivity contribution in [2.45, 2.75) is 39.5 Å². The summed E-state index contributed by atoms with van der Waals surface area (Å²) in [4.78, 5) is 32.8. The van der Waals surface area contributed by atoms with Crippen molar-refractivity contribution in [1.29, 1.82) is 0 Å². The molecule has 8 nitrogen and oxygen atoms in total. The van der Waals surface area contributed by atoms with Gasteiger partial charge >= 0.3 is 0 Å². The van der Waals surface area contributed by atoms with Crippen LogP contribution in [0.5, 0.6) is 0 Å². The number of hydrogen-bond acceptors (Lipinski definition) is 6. The van der Waals surface area contributed by atoms with Crippen molar-refractivity contribution >= 4 is 35.1 Å². The summed E-state index contributed by atoms with van der Waals surface area (Å²) in [5.74, 6) is 1.85. The van der Waals surface area contributed by atoms with Crippen molar-refractivity contribution < 1.29 is 9.59 Å². The normalized spacial score (nSPS) is 13.1. The third kappa shape index (κ3) is 7.46. The number of amides is 2. The number of allylic oxidation sites excluding steroid dienone is 1. The van der Waals surface area contributed by atoms with E-state index in [1.165, 1.54) is 6.92 Å². The van der Waals surface area contributed by atoms with Crippen LogP contribution < -0.4 is 21.3 Å². The molecule has 4 N–H and O–H groups in total. The Kier molecular flexibility index (Phi) is 9.06. The van der Waals surface area contributed by atoms with Gasteiger partial charge < -0.3 is 21.3 Å². The molecule has 2 amide bonds. The maximum Gasteiger partial charge on any atom is 0.246 e. The number of rotatable bonds is 10. The number of benzene rings is 1. The zero-order valence-corrected chi connectivity index (χ0v) is 19.9. The first-order chi connectivity index (χ1) is 15.9. The molecule has 0 unspecified atom stereocenters. The number of aromatic nitrogens is 2. The molecule has 9 heteroatoms. The molecule has 0 radical (unpaired) electrons. The Morgan fingerprint density at radius 2 is 1.58 bits per heavy atom. The van der Waals surface area contributed by atoms with Crippen LogP contribution in [-0.4, -0.2) is 48.0 Å². The first-order valence-corrected chi connectivity index (χ1v) is 11.7. The number of carbonyl (C=O) groups is 2. The van der Waals surface area contributed by atoms with Crippen LogP contribution in [0.15, 0.2) is 35.9 Å². The number of hydrogen-bond donors (Lipinski definition) is 4. The smallest absolute Gasteiger partial charge is 0.246 e. The van der Waals surface area contributed by atoms with Crippen LogP contribution in [0.1, 0.15) is 38.2 Å². The number of nitrogens with one attached hydrogen (secondary N) is 4. The van der Waals surface area contributed by atoms with Crippen LogP contribution in [0.25, 0.3) is 11.4 Å². The molecule has 1 aliphatic carbocycles. The van der Waals surface area contributed by atoms with E-state index in [0.717, 1.165) is 42.4 Å². The maximum atomic E-state index is 12.3. The van der Waals surface area contributed by atoms with Gasteiger partial charge in [-0.2, -0.15) is 0 Å². The molecule has 2 aromatic rings. The van der Waals surface area contributed by atoms with Crippen LogP contribution >= 0.6 is 11.6 Å². The van der Waals surface area contributed by atoms with Crippen molar-refractivity contribution in [3.05, 3.63) is 46.5 Å². The predicted octanol–water partition coefficient (Wildman–Crippen LogP) is 3.68. The minimum atomic E-state index is -0.0774. The topological polar surface area (TPSA) is 108 Å². The molecule has 1 aromatic carbocycles. The van der Waals surface area contributed by atoms with E-state index in [1.54, 1.807) is 12.1 Å². The van der Waals surface area contributed by atoms with E-state index in [1.807, 2.05) is 25.1 Å². The number of nitrogens with zero attached hydrogens (tertiary/aromatic N) is 2. The second-order valence-electron chi connectivity index (χ2n) is 7.94. The highest BCUT2D eigenvalue weighted by Gasteiger charge is 2.14. The molecule has 1 heterocycles. The van der Waals surface area contributed by atoms with Gasteiger partial charge in [0, 0.05) is 54.8 Å². The van der Waals surface area contributed by atoms with E-state index < -0.39 is 0 Å². The molecule has 33 heavy (non-hydrogen) atoms. The van der Waals surface area contributed by atoms with Crippen LogP contribution in [0.3, 0.4) is 0 Å². The largest absolute Gasteiger partial charge is 0.368 e. The van der Waals surface area contributed by atoms with Gasteiger partial charge in [0.15, 0.2) is 5.82 Å². The lowest BCUT2D eigenvalue weighted by Gasteiger charge is -2.16. The monoisotopic (exact) mass is 470 g/mol. The van der Waals surface area contributed by atoms with Gasteiger partial charge in [-0.05, 0) is 56.9 Å². The second kappa shape index (κ2) is 12.2. The van der Waals surface area contributed by atoms with Gasteiger partial charge in [0.05, 0.1) is 0 Å². The summed E-state index contributed by atoms with van der Waals surface area (Å²) in [5.41, 5.74) is 2.58. The molecule has 0 atom stereocenters. The highest BCUT2D eigenvalue weighted by molar-refractivity contribution is 6.30. The van der Waals surface area contributed by atoms with Crippen LogP contribution in [-0.2, 0) is 9.59 Å². The molecule has 0 saturated heterocycles. The molecule has 0 aliphatic heterocycles. The summed E-state index contributed by atoms with van der Waals surface area (Å²) in [7, 11) is 0. The number of carbonyl (C=O) groups excluding carboxylic acids is 2. The second-order valence-corrected chi connectivity index (χ2v) is 8.38. The summed E-state index contributed by atoms with van der Waals surface area (Å²) in [6.07, 6.45) is 6.10. The molecule has 0 fully saturated rings. The number of halogens is 1. The van der Waals surface area contributed by atoms with E-state index in [0.29, 0.717) is 48.7 Å². The summed E-state index contributed by atoms with van der Waals surface area (Å²) >= 11 is 6.02. The van der Waals surface area contributed by atoms with Gasteiger partial charge in [-0.25, -0.2) is 9.97 Å². The standard InChI is InChI=1S/C24H31ClN6O2/c1-16-21(27-13-12-26-17(2)32)30-23(18-8-10-20(25)11-9-18)31-22(16)28-14-15-29-24(33)19-6-4-3-5-7-19/h6,8-11H,3-5,7,12-15H2,1-2H3,(H,26,32)(H,29,33)(H2,27,28,30,31). The maximum absolute atomic E-state index is 12.3. The third-order valence-electron chi connectivity index (χ3n) is 5.33. The molecule has 0 saturated carbocycles. The quantitative estimate of drug-likeness (QED) is 0.394. The molecule has 176 valence electrons. The Morgan fingerprint density at radius 1 is 0.939 bits per heavy atom. The first-order valence-electron chi connectivity index (χ1n) is 11.3. The van der Waals surface area contributed by atoms with Gasteiger partial charge in [0.2, 0.25) is 11.8 Å². The fourth-order valence-electron chi connectivity index (χ4n) is 3.52. The Bertz CT molecular complexity index is 1010. The summed E-state index contributed by atoms with van der Waals surface area (Å²) in [5, 5.41) is 13.0. The molecular weight excluding hydrogens is 440 g/mol. The molecule has 0 bridgehead atoms. The van der Waals surface area contributed by atoms with Crippen molar-refractivity contribution in [3.63, 3.8) is 0 Å². The lowest BCUT2D eigenvalue weighted by molar-refractivity contribution is -0.119. The van der Waals surface area contributed by atoms with E-state index >= 15 is 0 Å². The molecule has 1 aromatic heterocycles. The minimum absolute atomic E-state index is 0.0121. The molecular formula is C24H31ClN6O2. The lowest BCUT2D eigenvalue weighted by atomic mass is 9.99. The van der Waals surface area contributed by atoms with Gasteiger partial charge in [-0.3, -0.25) is 9.59 Å². The lowest BCUT2D eigenvalue weighted by Crippen LogP contribution is -2.30. The minimum Gasteiger partial charge on any atom is -0.368 e. The fourth-order valence-corrected chi connectivity index (χ4v) is 3.65. The van der Waals surface area contributed by atoms with Crippen LogP contribution in [0.4, 0.5) is 11.6 Å². The third-order valence-corrected chi connectivity index (χ3v) is 5.58. The average Bonchev–Trinajstić information content (AvgIpc) is 2.82. The summed E-state index contributed by atoms with van der Waals surface area (Å²) in [6, 6.07) is 7.34. The predicted molar refractivity (Wildman–Crippen MR) is 132 cm³/mol.